The molecule has 0 spiro atoms. The highest BCUT2D eigenvalue weighted by Gasteiger charge is 2.40. The van der Waals surface area contributed by atoms with E-state index in [4.69, 9.17) is 4.42 Å². The van der Waals surface area contributed by atoms with Gasteiger partial charge < -0.3 is 14.3 Å². The summed E-state index contributed by atoms with van der Waals surface area (Å²) in [5.74, 6) is -1.96. The van der Waals surface area contributed by atoms with E-state index in [-0.39, 0.29) is 18.0 Å². The molecule has 1 N–H and O–H groups in total. The van der Waals surface area contributed by atoms with Crippen molar-refractivity contribution in [2.24, 2.45) is 5.92 Å². The molecule has 0 radical (unpaired) electrons. The van der Waals surface area contributed by atoms with Crippen molar-refractivity contribution < 1.29 is 23.8 Å². The number of hydrogen-bond acceptors (Lipinski definition) is 5. The van der Waals surface area contributed by atoms with Crippen LogP contribution in [0.2, 0.25) is 0 Å². The van der Waals surface area contributed by atoms with Crippen molar-refractivity contribution in [3.63, 3.8) is 0 Å². The molecule has 1 heterocycles. The molecule has 1 aromatic rings. The van der Waals surface area contributed by atoms with Crippen molar-refractivity contribution in [3.8, 4) is 0 Å². The van der Waals surface area contributed by atoms with Crippen molar-refractivity contribution >= 4 is 11.8 Å². The first kappa shape index (κ1) is 11.4. The summed E-state index contributed by atoms with van der Waals surface area (Å²) in [6.45, 7) is 0. The number of ketones is 1. The third-order valence-electron chi connectivity index (χ3n) is 2.81. The molecule has 0 unspecified atom stereocenters. The molecule has 2 atom stereocenters. The highest BCUT2D eigenvalue weighted by atomic mass is 16.5. The number of carbonyl (C=O) groups excluding carboxylic acids is 2. The Kier molecular flexibility index (Phi) is 2.99. The number of furan rings is 1. The Bertz CT molecular complexity index is 457. The lowest BCUT2D eigenvalue weighted by atomic mass is 9.80. The Morgan fingerprint density at radius 3 is 2.94 bits per heavy atom. The fourth-order valence-electron chi connectivity index (χ4n) is 2.03. The number of aliphatic hydroxyl groups is 1. The molecule has 0 saturated carbocycles. The molecule has 0 saturated heterocycles. The maximum Gasteiger partial charge on any atom is 0.317 e. The molecule has 1 aromatic heterocycles. The average Bonchev–Trinajstić information content (AvgIpc) is 2.80. The van der Waals surface area contributed by atoms with Gasteiger partial charge in [0.25, 0.3) is 0 Å². The topological polar surface area (TPSA) is 76.7 Å². The second kappa shape index (κ2) is 4.45. The van der Waals surface area contributed by atoms with Crippen molar-refractivity contribution in [2.75, 3.05) is 7.11 Å². The van der Waals surface area contributed by atoms with Crippen LogP contribution >= 0.6 is 0 Å². The minimum absolute atomic E-state index is 0.122. The number of hydrogen-bond donors (Lipinski definition) is 1. The van der Waals surface area contributed by atoms with E-state index in [1.165, 1.54) is 13.4 Å². The zero-order valence-corrected chi connectivity index (χ0v) is 9.25. The molecule has 90 valence electrons. The molecule has 0 bridgehead atoms. The number of esters is 1. The van der Waals surface area contributed by atoms with Gasteiger partial charge in [-0.3, -0.25) is 9.59 Å². The summed E-state index contributed by atoms with van der Waals surface area (Å²) >= 11 is 0. The molecule has 0 amide bonds. The summed E-state index contributed by atoms with van der Waals surface area (Å²) in [6, 6.07) is 3.34. The van der Waals surface area contributed by atoms with E-state index in [1.54, 1.807) is 12.1 Å². The fourth-order valence-corrected chi connectivity index (χ4v) is 2.03. The van der Waals surface area contributed by atoms with Crippen molar-refractivity contribution in [1.29, 1.82) is 0 Å². The van der Waals surface area contributed by atoms with Gasteiger partial charge in [-0.1, -0.05) is 0 Å². The zero-order chi connectivity index (χ0) is 12.4. The van der Waals surface area contributed by atoms with Crippen molar-refractivity contribution in [2.45, 2.75) is 12.3 Å². The Labute approximate surface area is 97.7 Å². The summed E-state index contributed by atoms with van der Waals surface area (Å²) in [6.07, 6.45) is 2.65. The number of methoxy groups -OCH3 is 1. The van der Waals surface area contributed by atoms with Crippen LogP contribution in [0.5, 0.6) is 0 Å². The molecule has 0 aliphatic heterocycles. The molecule has 1 aliphatic rings. The lowest BCUT2D eigenvalue weighted by molar-refractivity contribution is -0.146. The van der Waals surface area contributed by atoms with Crippen LogP contribution in [0, 0.1) is 5.92 Å². The number of aliphatic hydroxyl groups excluding tert-OH is 1. The van der Waals surface area contributed by atoms with Crippen LogP contribution < -0.4 is 0 Å². The van der Waals surface area contributed by atoms with Gasteiger partial charge in [0.05, 0.1) is 13.4 Å². The Balaban J connectivity index is 2.38. The first-order valence-electron chi connectivity index (χ1n) is 5.18. The minimum atomic E-state index is -0.871. The van der Waals surface area contributed by atoms with Crippen LogP contribution in [0.3, 0.4) is 0 Å². The van der Waals surface area contributed by atoms with E-state index in [0.717, 1.165) is 6.08 Å². The monoisotopic (exact) mass is 236 g/mol. The van der Waals surface area contributed by atoms with Gasteiger partial charge in [0.15, 0.2) is 5.78 Å². The molecule has 17 heavy (non-hydrogen) atoms. The van der Waals surface area contributed by atoms with E-state index in [9.17, 15) is 14.7 Å². The van der Waals surface area contributed by atoms with Crippen LogP contribution in [0.25, 0.3) is 0 Å². The second-order valence-corrected chi connectivity index (χ2v) is 3.86. The maximum absolute atomic E-state index is 11.6. The third-order valence-corrected chi connectivity index (χ3v) is 2.81. The highest BCUT2D eigenvalue weighted by molar-refractivity contribution is 5.94. The summed E-state index contributed by atoms with van der Waals surface area (Å²) in [7, 11) is 1.24. The van der Waals surface area contributed by atoms with Gasteiger partial charge in [0, 0.05) is 18.4 Å². The highest BCUT2D eigenvalue weighted by Crippen LogP contribution is 2.36. The quantitative estimate of drug-likeness (QED) is 0.788. The molecule has 2 rings (SSSR count). The largest absolute Gasteiger partial charge is 0.511 e. The smallest absolute Gasteiger partial charge is 0.317 e. The van der Waals surface area contributed by atoms with Crippen molar-refractivity contribution in [3.05, 3.63) is 36.0 Å². The van der Waals surface area contributed by atoms with Gasteiger partial charge in [0.2, 0.25) is 0 Å². The number of allylic oxidation sites excluding steroid dienone is 1. The predicted octanol–water partition coefficient (Wildman–Crippen LogP) is 1.57. The molecular formula is C12H12O5. The first-order chi connectivity index (χ1) is 8.13. The molecule has 1 aliphatic carbocycles. The van der Waals surface area contributed by atoms with E-state index < -0.39 is 17.8 Å². The SMILES string of the molecule is COC(=O)[C@@H]1C(O)=CC(=O)C[C@@H]1c1ccco1. The Morgan fingerprint density at radius 1 is 1.59 bits per heavy atom. The van der Waals surface area contributed by atoms with Crippen LogP contribution in [0.4, 0.5) is 0 Å². The third kappa shape index (κ3) is 2.08. The normalized spacial score (nSPS) is 24.3. The summed E-state index contributed by atoms with van der Waals surface area (Å²) in [5, 5.41) is 9.71. The summed E-state index contributed by atoms with van der Waals surface area (Å²) in [4.78, 5) is 23.0. The Hall–Kier alpha value is -2.04. The van der Waals surface area contributed by atoms with Crippen molar-refractivity contribution in [1.82, 2.24) is 0 Å². The van der Waals surface area contributed by atoms with Gasteiger partial charge in [-0.2, -0.15) is 0 Å². The molecule has 5 heteroatoms. The van der Waals surface area contributed by atoms with Gasteiger partial charge in [-0.15, -0.1) is 0 Å². The van der Waals surface area contributed by atoms with Gasteiger partial charge in [0.1, 0.15) is 17.4 Å². The lowest BCUT2D eigenvalue weighted by Gasteiger charge is -2.25. The van der Waals surface area contributed by atoms with Gasteiger partial charge in [-0.05, 0) is 12.1 Å². The first-order valence-corrected chi connectivity index (χ1v) is 5.18. The molecule has 0 fully saturated rings. The van der Waals surface area contributed by atoms with Gasteiger partial charge >= 0.3 is 5.97 Å². The number of carbonyl (C=O) groups is 2. The molecule has 5 nitrogen and oxygen atoms in total. The van der Waals surface area contributed by atoms with E-state index in [1.807, 2.05) is 0 Å². The average molecular weight is 236 g/mol. The van der Waals surface area contributed by atoms with E-state index in [0.29, 0.717) is 5.76 Å². The van der Waals surface area contributed by atoms with Crippen LogP contribution in [0.15, 0.2) is 34.6 Å². The summed E-state index contributed by atoms with van der Waals surface area (Å²) in [5.41, 5.74) is 0. The van der Waals surface area contributed by atoms with Gasteiger partial charge in [-0.25, -0.2) is 0 Å². The predicted molar refractivity (Wildman–Crippen MR) is 57.3 cm³/mol. The van der Waals surface area contributed by atoms with Crippen LogP contribution in [0.1, 0.15) is 18.1 Å². The molecule has 0 aromatic carbocycles. The second-order valence-electron chi connectivity index (χ2n) is 3.86. The van der Waals surface area contributed by atoms with E-state index >= 15 is 0 Å². The minimum Gasteiger partial charge on any atom is -0.511 e. The fraction of sp³-hybridized carbons (Fsp3) is 0.333. The number of rotatable bonds is 2. The Morgan fingerprint density at radius 2 is 2.35 bits per heavy atom. The maximum atomic E-state index is 11.6. The zero-order valence-electron chi connectivity index (χ0n) is 9.25. The molecular weight excluding hydrogens is 224 g/mol. The lowest BCUT2D eigenvalue weighted by Crippen LogP contribution is -2.30. The van der Waals surface area contributed by atoms with Crippen LogP contribution in [-0.4, -0.2) is 24.0 Å². The standard InChI is InChI=1S/C12H12O5/c1-16-12(15)11-8(10-3-2-4-17-10)5-7(13)6-9(11)14/h2-4,6,8,11,14H,5H2,1H3/t8-,11+/m1/s1. The van der Waals surface area contributed by atoms with E-state index in [2.05, 4.69) is 4.74 Å². The van der Waals surface area contributed by atoms with Crippen LogP contribution in [-0.2, 0) is 14.3 Å². The summed E-state index contributed by atoms with van der Waals surface area (Å²) < 4.78 is 9.83. The number of ether oxygens (including phenoxy) is 1.